The van der Waals surface area contributed by atoms with Gasteiger partial charge in [0.15, 0.2) is 0 Å². The van der Waals surface area contributed by atoms with E-state index < -0.39 is 0 Å². The Morgan fingerprint density at radius 2 is 1.87 bits per heavy atom. The minimum Gasteiger partial charge on any atom is -0.360 e. The number of nitrogens with one attached hydrogen (secondary N) is 1. The van der Waals surface area contributed by atoms with Crippen LogP contribution in [-0.4, -0.2) is 42.0 Å². The Morgan fingerprint density at radius 1 is 1.09 bits per heavy atom. The number of rotatable bonds is 2. The summed E-state index contributed by atoms with van der Waals surface area (Å²) in [6.45, 7) is 3.12. The fourth-order valence-electron chi connectivity index (χ4n) is 2.96. The molecule has 3 aromatic rings. The van der Waals surface area contributed by atoms with E-state index in [1.54, 1.807) is 11.3 Å². The lowest BCUT2D eigenvalue weighted by atomic mass is 10.2. The summed E-state index contributed by atoms with van der Waals surface area (Å²) in [6, 6.07) is 13.9. The van der Waals surface area contributed by atoms with Crippen molar-refractivity contribution in [3.05, 3.63) is 52.5 Å². The van der Waals surface area contributed by atoms with E-state index in [2.05, 4.69) is 9.88 Å². The van der Waals surface area contributed by atoms with Gasteiger partial charge in [-0.2, -0.15) is 0 Å². The summed E-state index contributed by atoms with van der Waals surface area (Å²) in [5.41, 5.74) is 1.67. The van der Waals surface area contributed by atoms with Crippen molar-refractivity contribution in [3.8, 4) is 0 Å². The third kappa shape index (κ3) is 2.82. The zero-order chi connectivity index (χ0) is 15.8. The molecule has 2 aromatic heterocycles. The molecule has 3 heterocycles. The molecule has 118 valence electrons. The molecule has 0 saturated carbocycles. The third-order valence-corrected chi connectivity index (χ3v) is 5.49. The second-order valence-electron chi connectivity index (χ2n) is 5.63. The maximum atomic E-state index is 12.7. The van der Waals surface area contributed by atoms with E-state index in [9.17, 15) is 4.79 Å². The average molecular weight is 346 g/mol. The maximum Gasteiger partial charge on any atom is 0.270 e. The van der Waals surface area contributed by atoms with Crippen LogP contribution in [0.15, 0.2) is 42.5 Å². The number of halogens is 1. The molecule has 0 spiro atoms. The van der Waals surface area contributed by atoms with Gasteiger partial charge in [0, 0.05) is 37.1 Å². The van der Waals surface area contributed by atoms with Crippen molar-refractivity contribution in [3.63, 3.8) is 0 Å². The van der Waals surface area contributed by atoms with Crippen molar-refractivity contribution in [1.29, 1.82) is 0 Å². The minimum atomic E-state index is 0.0741. The van der Waals surface area contributed by atoms with Gasteiger partial charge in [-0.15, -0.1) is 11.3 Å². The van der Waals surface area contributed by atoms with Crippen molar-refractivity contribution in [2.75, 3.05) is 31.1 Å². The number of aromatic nitrogens is 1. The van der Waals surface area contributed by atoms with Gasteiger partial charge >= 0.3 is 0 Å². The van der Waals surface area contributed by atoms with Crippen LogP contribution in [0.4, 0.5) is 5.00 Å². The van der Waals surface area contributed by atoms with Crippen LogP contribution in [0.5, 0.6) is 0 Å². The molecule has 0 radical (unpaired) electrons. The zero-order valence-corrected chi connectivity index (χ0v) is 14.0. The Hall–Kier alpha value is -1.98. The van der Waals surface area contributed by atoms with E-state index in [4.69, 9.17) is 11.6 Å². The number of thiophene rings is 1. The highest BCUT2D eigenvalue weighted by molar-refractivity contribution is 7.19. The normalized spacial score (nSPS) is 15.3. The largest absolute Gasteiger partial charge is 0.360 e. The average Bonchev–Trinajstić information content (AvgIpc) is 3.20. The first-order chi connectivity index (χ1) is 11.2. The van der Waals surface area contributed by atoms with Gasteiger partial charge in [-0.25, -0.2) is 0 Å². The molecule has 4 rings (SSSR count). The second kappa shape index (κ2) is 5.91. The highest BCUT2D eigenvalue weighted by Crippen LogP contribution is 2.30. The highest BCUT2D eigenvalue weighted by atomic mass is 35.5. The number of anilines is 1. The van der Waals surface area contributed by atoms with Crippen molar-refractivity contribution in [2.45, 2.75) is 0 Å². The molecule has 0 aliphatic carbocycles. The number of amides is 1. The van der Waals surface area contributed by atoms with E-state index in [0.29, 0.717) is 5.69 Å². The van der Waals surface area contributed by atoms with Gasteiger partial charge in [-0.3, -0.25) is 4.79 Å². The van der Waals surface area contributed by atoms with E-state index in [-0.39, 0.29) is 5.91 Å². The van der Waals surface area contributed by atoms with Gasteiger partial charge in [-0.1, -0.05) is 29.8 Å². The van der Waals surface area contributed by atoms with Gasteiger partial charge in [0.2, 0.25) is 0 Å². The monoisotopic (exact) mass is 345 g/mol. The number of hydrogen-bond acceptors (Lipinski definition) is 3. The van der Waals surface area contributed by atoms with Gasteiger partial charge in [0.05, 0.1) is 9.34 Å². The summed E-state index contributed by atoms with van der Waals surface area (Å²) < 4.78 is 0.802. The quantitative estimate of drug-likeness (QED) is 0.766. The number of nitrogens with zero attached hydrogens (tertiary/aromatic N) is 2. The van der Waals surface area contributed by atoms with Crippen LogP contribution in [0.1, 0.15) is 10.5 Å². The van der Waals surface area contributed by atoms with Gasteiger partial charge in [0.25, 0.3) is 5.91 Å². The van der Waals surface area contributed by atoms with Crippen LogP contribution < -0.4 is 4.90 Å². The Morgan fingerprint density at radius 3 is 2.57 bits per heavy atom. The van der Waals surface area contributed by atoms with Crippen molar-refractivity contribution >= 4 is 44.7 Å². The fraction of sp³-hybridized carbons (Fsp3) is 0.235. The number of H-pyrrole nitrogens is 1. The number of fused-ring (bicyclic) bond motifs is 1. The Balaban J connectivity index is 1.46. The minimum absolute atomic E-state index is 0.0741. The number of hydrogen-bond donors (Lipinski definition) is 1. The smallest absolute Gasteiger partial charge is 0.270 e. The molecule has 0 unspecified atom stereocenters. The second-order valence-corrected chi connectivity index (χ2v) is 7.32. The van der Waals surface area contributed by atoms with E-state index in [1.165, 1.54) is 5.00 Å². The SMILES string of the molecule is O=C(c1cc2ccccc2[nH]1)N1CCN(c2ccc(Cl)s2)CC1. The number of carbonyl (C=O) groups excluding carboxylic acids is 1. The molecule has 1 N–H and O–H groups in total. The summed E-state index contributed by atoms with van der Waals surface area (Å²) in [7, 11) is 0. The van der Waals surface area contributed by atoms with Gasteiger partial charge in [0.1, 0.15) is 5.69 Å². The molecule has 1 aromatic carbocycles. The lowest BCUT2D eigenvalue weighted by molar-refractivity contribution is 0.0742. The van der Waals surface area contributed by atoms with Crippen LogP contribution in [0, 0.1) is 0 Å². The zero-order valence-electron chi connectivity index (χ0n) is 12.5. The molecule has 1 saturated heterocycles. The molecular weight excluding hydrogens is 330 g/mol. The first-order valence-electron chi connectivity index (χ1n) is 7.58. The first-order valence-corrected chi connectivity index (χ1v) is 8.77. The molecule has 23 heavy (non-hydrogen) atoms. The number of aromatic amines is 1. The van der Waals surface area contributed by atoms with E-state index >= 15 is 0 Å². The number of benzene rings is 1. The summed E-state index contributed by atoms with van der Waals surface area (Å²) in [4.78, 5) is 20.1. The fourth-order valence-corrected chi connectivity index (χ4v) is 4.05. The molecule has 1 aliphatic rings. The van der Waals surface area contributed by atoms with E-state index in [1.807, 2.05) is 47.4 Å². The Bertz CT molecular complexity index is 815. The molecule has 1 amide bonds. The van der Waals surface area contributed by atoms with Crippen LogP contribution in [0.2, 0.25) is 4.34 Å². The summed E-state index contributed by atoms with van der Waals surface area (Å²) in [5.74, 6) is 0.0741. The van der Waals surface area contributed by atoms with Gasteiger partial charge in [-0.05, 0) is 24.3 Å². The summed E-state index contributed by atoms with van der Waals surface area (Å²) in [5, 5.41) is 2.25. The van der Waals surface area contributed by atoms with Crippen molar-refractivity contribution in [1.82, 2.24) is 9.88 Å². The Labute approximate surface area is 143 Å². The molecule has 0 atom stereocenters. The molecule has 6 heteroatoms. The topological polar surface area (TPSA) is 39.3 Å². The molecule has 1 aliphatic heterocycles. The van der Waals surface area contributed by atoms with Gasteiger partial charge < -0.3 is 14.8 Å². The third-order valence-electron chi connectivity index (χ3n) is 4.20. The van der Waals surface area contributed by atoms with Crippen molar-refractivity contribution < 1.29 is 4.79 Å². The molecule has 0 bridgehead atoms. The molecule has 1 fully saturated rings. The standard InChI is InChI=1S/C17H16ClN3OS/c18-15-5-6-16(23-15)20-7-9-21(10-8-20)17(22)14-11-12-3-1-2-4-13(12)19-14/h1-6,11,19H,7-10H2. The number of piperazine rings is 1. The Kier molecular flexibility index (Phi) is 3.75. The maximum absolute atomic E-state index is 12.7. The molecular formula is C17H16ClN3OS. The van der Waals surface area contributed by atoms with Crippen LogP contribution in [0.25, 0.3) is 10.9 Å². The summed E-state index contributed by atoms with van der Waals surface area (Å²) >= 11 is 7.59. The van der Waals surface area contributed by atoms with Crippen LogP contribution in [-0.2, 0) is 0 Å². The molecule has 4 nitrogen and oxygen atoms in total. The number of para-hydroxylation sites is 1. The predicted molar refractivity (Wildman–Crippen MR) is 95.7 cm³/mol. The van der Waals surface area contributed by atoms with Crippen molar-refractivity contribution in [2.24, 2.45) is 0 Å². The van der Waals surface area contributed by atoms with E-state index in [0.717, 1.165) is 41.4 Å². The highest BCUT2D eigenvalue weighted by Gasteiger charge is 2.24. The van der Waals surface area contributed by atoms with Crippen LogP contribution in [0.3, 0.4) is 0 Å². The predicted octanol–water partition coefficient (Wildman–Crippen LogP) is 3.85. The lowest BCUT2D eigenvalue weighted by Crippen LogP contribution is -2.48. The summed E-state index contributed by atoms with van der Waals surface area (Å²) in [6.07, 6.45) is 0. The van der Waals surface area contributed by atoms with Crippen LogP contribution >= 0.6 is 22.9 Å². The number of carbonyl (C=O) groups is 1. The first kappa shape index (κ1) is 14.6. The lowest BCUT2D eigenvalue weighted by Gasteiger charge is -2.35.